The second-order valence-electron chi connectivity index (χ2n) is 6.80. The first-order chi connectivity index (χ1) is 13.9. The van der Waals surface area contributed by atoms with Gasteiger partial charge >= 0.3 is 5.69 Å². The molecule has 0 fully saturated rings. The van der Waals surface area contributed by atoms with E-state index in [4.69, 9.17) is 4.52 Å². The maximum Gasteiger partial charge on any atom is 0.331 e. The molecule has 0 spiro atoms. The average molecular weight is 399 g/mol. The third kappa shape index (κ3) is 3.60. The Morgan fingerprint density at radius 1 is 1.31 bits per heavy atom. The van der Waals surface area contributed by atoms with Crippen LogP contribution in [0.4, 0.5) is 10.1 Å². The van der Waals surface area contributed by atoms with Crippen LogP contribution < -0.4 is 16.6 Å². The number of fused-ring (bicyclic) bond motifs is 1. The number of hydrogen-bond acceptors (Lipinski definition) is 6. The fourth-order valence-corrected chi connectivity index (χ4v) is 3.47. The number of rotatable bonds is 4. The molecule has 29 heavy (non-hydrogen) atoms. The van der Waals surface area contributed by atoms with Crippen LogP contribution in [0.2, 0.25) is 0 Å². The predicted molar refractivity (Wildman–Crippen MR) is 101 cm³/mol. The second kappa shape index (κ2) is 7.46. The van der Waals surface area contributed by atoms with Crippen LogP contribution in [0, 0.1) is 12.7 Å². The molecule has 3 aromatic rings. The number of aromatic nitrogens is 4. The van der Waals surface area contributed by atoms with Crippen molar-refractivity contribution in [2.75, 3.05) is 5.32 Å². The average Bonchev–Trinajstić information content (AvgIpc) is 3.11. The zero-order chi connectivity index (χ0) is 20.5. The molecule has 0 saturated carbocycles. The Kier molecular flexibility index (Phi) is 4.83. The summed E-state index contributed by atoms with van der Waals surface area (Å²) in [5.74, 6) is -0.752. The van der Waals surface area contributed by atoms with Gasteiger partial charge in [-0.3, -0.25) is 18.7 Å². The summed E-state index contributed by atoms with van der Waals surface area (Å²) in [6.45, 7) is 1.52. The molecule has 9 nitrogen and oxygen atoms in total. The van der Waals surface area contributed by atoms with Gasteiger partial charge in [0.2, 0.25) is 17.6 Å². The Morgan fingerprint density at radius 3 is 2.86 bits per heavy atom. The van der Waals surface area contributed by atoms with E-state index in [2.05, 4.69) is 15.5 Å². The van der Waals surface area contributed by atoms with Crippen LogP contribution in [-0.4, -0.2) is 25.2 Å². The minimum Gasteiger partial charge on any atom is -0.339 e. The molecule has 1 aliphatic rings. The summed E-state index contributed by atoms with van der Waals surface area (Å²) in [4.78, 5) is 42.5. The Morgan fingerprint density at radius 2 is 2.14 bits per heavy atom. The smallest absolute Gasteiger partial charge is 0.331 e. The Balaban J connectivity index is 1.76. The van der Waals surface area contributed by atoms with E-state index in [0.717, 1.165) is 23.5 Å². The normalized spacial score (nSPS) is 13.2. The van der Waals surface area contributed by atoms with Crippen LogP contribution >= 0.6 is 0 Å². The fraction of sp³-hybridized carbons (Fsp3) is 0.316. The van der Waals surface area contributed by atoms with Gasteiger partial charge in [-0.25, -0.2) is 9.18 Å². The Labute approximate surface area is 163 Å². The molecular formula is C19H18FN5O4. The lowest BCUT2D eigenvalue weighted by atomic mass is 10.0. The van der Waals surface area contributed by atoms with Gasteiger partial charge in [-0.05, 0) is 37.5 Å². The van der Waals surface area contributed by atoms with E-state index in [1.165, 1.54) is 22.8 Å². The molecule has 1 aromatic carbocycles. The van der Waals surface area contributed by atoms with Gasteiger partial charge in [-0.1, -0.05) is 11.2 Å². The Bertz CT molecular complexity index is 1210. The van der Waals surface area contributed by atoms with Crippen molar-refractivity contribution in [2.24, 2.45) is 0 Å². The molecule has 150 valence electrons. The summed E-state index contributed by atoms with van der Waals surface area (Å²) >= 11 is 0. The second-order valence-corrected chi connectivity index (χ2v) is 6.80. The lowest BCUT2D eigenvalue weighted by Crippen LogP contribution is -2.45. The molecule has 3 heterocycles. The number of carbonyl (C=O) groups excluding carboxylic acids is 1. The molecule has 1 amide bonds. The zero-order valence-corrected chi connectivity index (χ0v) is 15.6. The van der Waals surface area contributed by atoms with Crippen molar-refractivity contribution in [3.05, 3.63) is 62.5 Å². The highest BCUT2D eigenvalue weighted by Crippen LogP contribution is 2.21. The molecule has 0 radical (unpaired) electrons. The number of amides is 1. The van der Waals surface area contributed by atoms with Gasteiger partial charge in [-0.15, -0.1) is 0 Å². The number of benzene rings is 1. The van der Waals surface area contributed by atoms with Gasteiger partial charge in [0.05, 0.1) is 0 Å². The largest absolute Gasteiger partial charge is 0.339 e. The zero-order valence-electron chi connectivity index (χ0n) is 15.6. The predicted octanol–water partition coefficient (Wildman–Crippen LogP) is 1.48. The highest BCUT2D eigenvalue weighted by Gasteiger charge is 2.26. The Hall–Kier alpha value is -3.56. The highest BCUT2D eigenvalue weighted by molar-refractivity contribution is 5.90. The van der Waals surface area contributed by atoms with Crippen molar-refractivity contribution >= 4 is 11.6 Å². The van der Waals surface area contributed by atoms with E-state index in [9.17, 15) is 18.8 Å². The van der Waals surface area contributed by atoms with E-state index in [0.29, 0.717) is 18.7 Å². The fourth-order valence-electron chi connectivity index (χ4n) is 3.47. The van der Waals surface area contributed by atoms with Crippen molar-refractivity contribution in [1.29, 1.82) is 0 Å². The van der Waals surface area contributed by atoms with Gasteiger partial charge < -0.3 is 9.84 Å². The SMILES string of the molecule is Cc1nc(-c2c3n(c(=O)n(CC(=O)Nc4cccc(F)c4)c2=O)CCCC3)no1. The number of carbonyl (C=O) groups is 1. The van der Waals surface area contributed by atoms with E-state index in [-0.39, 0.29) is 23.0 Å². The van der Waals surface area contributed by atoms with Gasteiger partial charge in [-0.2, -0.15) is 4.98 Å². The van der Waals surface area contributed by atoms with Gasteiger partial charge in [0.25, 0.3) is 5.56 Å². The molecule has 0 unspecified atom stereocenters. The molecule has 0 aliphatic carbocycles. The number of halogens is 1. The van der Waals surface area contributed by atoms with Crippen molar-refractivity contribution in [3.8, 4) is 11.4 Å². The van der Waals surface area contributed by atoms with Crippen LogP contribution in [0.15, 0.2) is 38.4 Å². The molecule has 4 rings (SSSR count). The molecule has 2 aromatic heterocycles. The molecule has 1 aliphatic heterocycles. The quantitative estimate of drug-likeness (QED) is 0.711. The maximum atomic E-state index is 13.3. The molecular weight excluding hydrogens is 381 g/mol. The highest BCUT2D eigenvalue weighted by atomic mass is 19.1. The van der Waals surface area contributed by atoms with Crippen molar-refractivity contribution < 1.29 is 13.7 Å². The summed E-state index contributed by atoms with van der Waals surface area (Å²) in [6.07, 6.45) is 2.14. The van der Waals surface area contributed by atoms with Crippen LogP contribution in [0.5, 0.6) is 0 Å². The third-order valence-corrected chi connectivity index (χ3v) is 4.74. The number of hydrogen-bond donors (Lipinski definition) is 1. The van der Waals surface area contributed by atoms with Gasteiger partial charge in [0, 0.05) is 24.8 Å². The first-order valence-corrected chi connectivity index (χ1v) is 9.16. The minimum atomic E-state index is -0.654. The third-order valence-electron chi connectivity index (χ3n) is 4.74. The first-order valence-electron chi connectivity index (χ1n) is 9.16. The summed E-state index contributed by atoms with van der Waals surface area (Å²) in [5, 5.41) is 6.32. The summed E-state index contributed by atoms with van der Waals surface area (Å²) in [7, 11) is 0. The first kappa shape index (κ1) is 18.8. The maximum absolute atomic E-state index is 13.3. The van der Waals surface area contributed by atoms with Crippen molar-refractivity contribution in [2.45, 2.75) is 39.3 Å². The standard InChI is InChI=1S/C19H18FN5O4/c1-11-21-17(23-29-11)16-14-7-2-3-8-24(14)19(28)25(18(16)27)10-15(26)22-13-6-4-5-12(20)9-13/h4-6,9H,2-3,7-8,10H2,1H3,(H,22,26). The van der Waals surface area contributed by atoms with E-state index in [1.807, 2.05) is 0 Å². The summed E-state index contributed by atoms with van der Waals surface area (Å²) in [6, 6.07) is 5.35. The summed E-state index contributed by atoms with van der Waals surface area (Å²) in [5.41, 5.74) is -0.273. The number of anilines is 1. The van der Waals surface area contributed by atoms with Gasteiger partial charge in [0.15, 0.2) is 0 Å². The number of nitrogens with one attached hydrogen (secondary N) is 1. The minimum absolute atomic E-state index is 0.0949. The summed E-state index contributed by atoms with van der Waals surface area (Å²) < 4.78 is 20.7. The van der Waals surface area contributed by atoms with E-state index in [1.54, 1.807) is 6.92 Å². The lowest BCUT2D eigenvalue weighted by Gasteiger charge is -2.21. The number of nitrogens with zero attached hydrogens (tertiary/aromatic N) is 4. The van der Waals surface area contributed by atoms with Crippen LogP contribution in [0.25, 0.3) is 11.4 Å². The molecule has 0 atom stereocenters. The van der Waals surface area contributed by atoms with Crippen LogP contribution in [0.1, 0.15) is 24.4 Å². The van der Waals surface area contributed by atoms with Crippen LogP contribution in [-0.2, 0) is 24.3 Å². The van der Waals surface area contributed by atoms with E-state index >= 15 is 0 Å². The lowest BCUT2D eigenvalue weighted by molar-refractivity contribution is -0.116. The monoisotopic (exact) mass is 399 g/mol. The van der Waals surface area contributed by atoms with Gasteiger partial charge in [0.1, 0.15) is 17.9 Å². The molecule has 10 heteroatoms. The van der Waals surface area contributed by atoms with E-state index < -0.39 is 29.5 Å². The molecule has 0 bridgehead atoms. The van der Waals surface area contributed by atoms with Crippen molar-refractivity contribution in [1.82, 2.24) is 19.3 Å². The number of aryl methyl sites for hydroxylation is 1. The van der Waals surface area contributed by atoms with Crippen molar-refractivity contribution in [3.63, 3.8) is 0 Å². The van der Waals surface area contributed by atoms with Crippen LogP contribution in [0.3, 0.4) is 0 Å². The molecule has 0 saturated heterocycles. The molecule has 1 N–H and O–H groups in total. The topological polar surface area (TPSA) is 112 Å².